The van der Waals surface area contributed by atoms with Crippen LogP contribution in [-0.2, 0) is 17.8 Å². The van der Waals surface area contributed by atoms with Crippen LogP contribution in [-0.4, -0.2) is 58.9 Å². The summed E-state index contributed by atoms with van der Waals surface area (Å²) in [6.45, 7) is 4.28. The SMILES string of the molecule is Cc1cc(CNC(=O)c2cc(C(=O)NCc3ccc(C(=O)N4CCOCC4)cc3)ncn2)ccc1F. The van der Waals surface area contributed by atoms with Crippen LogP contribution in [0.15, 0.2) is 54.9 Å². The molecule has 186 valence electrons. The Hall–Kier alpha value is -4.18. The van der Waals surface area contributed by atoms with Crippen LogP contribution in [0.4, 0.5) is 4.39 Å². The normalized spacial score (nSPS) is 13.2. The molecule has 1 fully saturated rings. The van der Waals surface area contributed by atoms with Gasteiger partial charge in [-0.3, -0.25) is 14.4 Å². The van der Waals surface area contributed by atoms with Gasteiger partial charge in [0.2, 0.25) is 0 Å². The molecule has 3 aromatic rings. The van der Waals surface area contributed by atoms with Crippen molar-refractivity contribution < 1.29 is 23.5 Å². The number of rotatable bonds is 7. The molecule has 9 nitrogen and oxygen atoms in total. The molecule has 2 heterocycles. The van der Waals surface area contributed by atoms with Crippen LogP contribution in [0.1, 0.15) is 48.0 Å². The molecule has 1 aliphatic heterocycles. The zero-order valence-electron chi connectivity index (χ0n) is 19.8. The molecule has 0 atom stereocenters. The van der Waals surface area contributed by atoms with Crippen molar-refractivity contribution in [1.82, 2.24) is 25.5 Å². The number of hydrogen-bond acceptors (Lipinski definition) is 6. The van der Waals surface area contributed by atoms with Gasteiger partial charge in [0.05, 0.1) is 13.2 Å². The van der Waals surface area contributed by atoms with Crippen LogP contribution in [0, 0.1) is 12.7 Å². The van der Waals surface area contributed by atoms with Crippen molar-refractivity contribution in [1.29, 1.82) is 0 Å². The van der Waals surface area contributed by atoms with Gasteiger partial charge in [-0.1, -0.05) is 24.3 Å². The molecule has 10 heteroatoms. The molecule has 0 unspecified atom stereocenters. The molecular weight excluding hydrogens is 465 g/mol. The molecule has 0 saturated carbocycles. The summed E-state index contributed by atoms with van der Waals surface area (Å²) in [5.41, 5.74) is 2.71. The van der Waals surface area contributed by atoms with E-state index in [9.17, 15) is 18.8 Å². The third-order valence-corrected chi connectivity index (χ3v) is 5.76. The van der Waals surface area contributed by atoms with Crippen LogP contribution < -0.4 is 10.6 Å². The molecule has 0 radical (unpaired) electrons. The minimum absolute atomic E-state index is 0.0416. The molecule has 1 saturated heterocycles. The van der Waals surface area contributed by atoms with E-state index in [-0.39, 0.29) is 36.2 Å². The van der Waals surface area contributed by atoms with Crippen LogP contribution in [0.25, 0.3) is 0 Å². The fourth-order valence-electron chi connectivity index (χ4n) is 3.68. The summed E-state index contributed by atoms with van der Waals surface area (Å²) < 4.78 is 18.7. The summed E-state index contributed by atoms with van der Waals surface area (Å²) in [6, 6.07) is 12.9. The lowest BCUT2D eigenvalue weighted by molar-refractivity contribution is 0.0303. The predicted molar refractivity (Wildman–Crippen MR) is 129 cm³/mol. The van der Waals surface area contributed by atoms with Gasteiger partial charge in [-0.05, 0) is 41.8 Å². The maximum Gasteiger partial charge on any atom is 0.270 e. The van der Waals surface area contributed by atoms with Crippen LogP contribution in [0.3, 0.4) is 0 Å². The summed E-state index contributed by atoms with van der Waals surface area (Å²) in [5.74, 6) is -1.30. The lowest BCUT2D eigenvalue weighted by Crippen LogP contribution is -2.40. The van der Waals surface area contributed by atoms with Gasteiger partial charge in [0, 0.05) is 37.8 Å². The first kappa shape index (κ1) is 24.9. The molecule has 36 heavy (non-hydrogen) atoms. The number of carbonyl (C=O) groups excluding carboxylic acids is 3. The van der Waals surface area contributed by atoms with Crippen molar-refractivity contribution >= 4 is 17.7 Å². The average molecular weight is 492 g/mol. The van der Waals surface area contributed by atoms with Gasteiger partial charge in [0.25, 0.3) is 17.7 Å². The van der Waals surface area contributed by atoms with E-state index in [1.165, 1.54) is 12.1 Å². The third kappa shape index (κ3) is 6.28. The molecule has 1 aromatic heterocycles. The molecule has 0 aliphatic carbocycles. The zero-order chi connectivity index (χ0) is 25.5. The quantitative estimate of drug-likeness (QED) is 0.524. The van der Waals surface area contributed by atoms with Gasteiger partial charge in [-0.15, -0.1) is 0 Å². The number of ether oxygens (including phenoxy) is 1. The standard InChI is InChI=1S/C26H26FN5O4/c1-17-12-19(4-7-21(17)27)15-29-25(34)23-13-22(30-16-31-23)24(33)28-14-18-2-5-20(6-3-18)26(35)32-8-10-36-11-9-32/h2-7,12-13,16H,8-11,14-15H2,1H3,(H,28,33)(H,29,34). The summed E-state index contributed by atoms with van der Waals surface area (Å²) in [4.78, 5) is 47.3. The first-order chi connectivity index (χ1) is 17.4. The van der Waals surface area contributed by atoms with Crippen molar-refractivity contribution in [2.45, 2.75) is 20.0 Å². The van der Waals surface area contributed by atoms with Gasteiger partial charge in [-0.25, -0.2) is 14.4 Å². The number of nitrogens with one attached hydrogen (secondary N) is 2. The number of hydrogen-bond donors (Lipinski definition) is 2. The van der Waals surface area contributed by atoms with Gasteiger partial charge in [0.15, 0.2) is 0 Å². The van der Waals surface area contributed by atoms with Crippen LogP contribution >= 0.6 is 0 Å². The zero-order valence-corrected chi connectivity index (χ0v) is 19.8. The van der Waals surface area contributed by atoms with E-state index in [2.05, 4.69) is 20.6 Å². The number of amides is 3. The topological polar surface area (TPSA) is 114 Å². The maximum absolute atomic E-state index is 13.4. The minimum atomic E-state index is -0.478. The van der Waals surface area contributed by atoms with E-state index in [1.54, 1.807) is 48.2 Å². The number of aryl methyl sites for hydroxylation is 1. The van der Waals surface area contributed by atoms with Crippen molar-refractivity contribution in [2.24, 2.45) is 0 Å². The first-order valence-corrected chi connectivity index (χ1v) is 11.5. The number of aromatic nitrogens is 2. The molecule has 0 spiro atoms. The molecular formula is C26H26FN5O4. The van der Waals surface area contributed by atoms with E-state index >= 15 is 0 Å². The fourth-order valence-corrected chi connectivity index (χ4v) is 3.68. The molecule has 0 bridgehead atoms. The highest BCUT2D eigenvalue weighted by Crippen LogP contribution is 2.11. The fraction of sp³-hybridized carbons (Fsp3) is 0.269. The van der Waals surface area contributed by atoms with Crippen molar-refractivity contribution in [2.75, 3.05) is 26.3 Å². The van der Waals surface area contributed by atoms with Crippen LogP contribution in [0.5, 0.6) is 0 Å². The Morgan fingerprint density at radius 3 is 2.08 bits per heavy atom. The van der Waals surface area contributed by atoms with Crippen molar-refractivity contribution in [3.8, 4) is 0 Å². The lowest BCUT2D eigenvalue weighted by Gasteiger charge is -2.26. The Balaban J connectivity index is 1.30. The Labute approximate surface area is 207 Å². The second-order valence-electron chi connectivity index (χ2n) is 8.34. The highest BCUT2D eigenvalue weighted by molar-refractivity contribution is 5.97. The second-order valence-corrected chi connectivity index (χ2v) is 8.34. The third-order valence-electron chi connectivity index (χ3n) is 5.76. The van der Waals surface area contributed by atoms with E-state index < -0.39 is 11.8 Å². The van der Waals surface area contributed by atoms with E-state index in [0.29, 0.717) is 37.4 Å². The van der Waals surface area contributed by atoms with E-state index in [1.807, 2.05) is 0 Å². The highest BCUT2D eigenvalue weighted by Gasteiger charge is 2.18. The summed E-state index contributed by atoms with van der Waals surface area (Å²) in [7, 11) is 0. The highest BCUT2D eigenvalue weighted by atomic mass is 19.1. The summed E-state index contributed by atoms with van der Waals surface area (Å²) >= 11 is 0. The largest absolute Gasteiger partial charge is 0.378 e. The molecule has 2 aromatic carbocycles. The average Bonchev–Trinajstić information content (AvgIpc) is 2.92. The predicted octanol–water partition coefficient (Wildman–Crippen LogP) is 2.26. The Morgan fingerprint density at radius 1 is 0.889 bits per heavy atom. The second kappa shape index (κ2) is 11.5. The number of halogens is 1. The molecule has 3 amide bonds. The van der Waals surface area contributed by atoms with Crippen molar-refractivity contribution in [3.63, 3.8) is 0 Å². The summed E-state index contributed by atoms with van der Waals surface area (Å²) in [5, 5.41) is 5.46. The number of morpholine rings is 1. The lowest BCUT2D eigenvalue weighted by atomic mass is 10.1. The molecule has 4 rings (SSSR count). The van der Waals surface area contributed by atoms with Gasteiger partial charge < -0.3 is 20.3 Å². The van der Waals surface area contributed by atoms with Gasteiger partial charge in [-0.2, -0.15) is 0 Å². The van der Waals surface area contributed by atoms with Crippen molar-refractivity contribution in [3.05, 3.63) is 94.3 Å². The van der Waals surface area contributed by atoms with Gasteiger partial charge in [0.1, 0.15) is 23.5 Å². The van der Waals surface area contributed by atoms with Crippen LogP contribution in [0.2, 0.25) is 0 Å². The summed E-state index contributed by atoms with van der Waals surface area (Å²) in [6.07, 6.45) is 1.15. The number of benzene rings is 2. The Morgan fingerprint density at radius 2 is 1.47 bits per heavy atom. The van der Waals surface area contributed by atoms with E-state index in [4.69, 9.17) is 4.74 Å². The molecule has 1 aliphatic rings. The first-order valence-electron chi connectivity index (χ1n) is 11.5. The maximum atomic E-state index is 13.4. The monoisotopic (exact) mass is 491 g/mol. The Kier molecular flexibility index (Phi) is 7.96. The number of carbonyl (C=O) groups is 3. The Bertz CT molecular complexity index is 1260. The smallest absolute Gasteiger partial charge is 0.270 e. The number of nitrogens with zero attached hydrogens (tertiary/aromatic N) is 3. The van der Waals surface area contributed by atoms with E-state index in [0.717, 1.165) is 17.5 Å². The minimum Gasteiger partial charge on any atom is -0.378 e. The molecule has 2 N–H and O–H groups in total. The van der Waals surface area contributed by atoms with Gasteiger partial charge >= 0.3 is 0 Å².